The molecule has 0 unspecified atom stereocenters. The second-order valence-electron chi connectivity index (χ2n) is 5.34. The molecule has 0 saturated heterocycles. The van der Waals surface area contributed by atoms with Crippen LogP contribution in [0.15, 0.2) is 10.5 Å². The number of nitrogens with one attached hydrogen (secondary N) is 2. The van der Waals surface area contributed by atoms with E-state index >= 15 is 0 Å². The molecule has 0 saturated carbocycles. The van der Waals surface area contributed by atoms with Gasteiger partial charge in [-0.15, -0.1) is 10.2 Å². The predicted molar refractivity (Wildman–Crippen MR) is 86.1 cm³/mol. The van der Waals surface area contributed by atoms with Crippen LogP contribution in [0.3, 0.4) is 0 Å². The number of aryl methyl sites for hydroxylation is 2. The molecule has 2 aromatic rings. The van der Waals surface area contributed by atoms with Crippen molar-refractivity contribution >= 4 is 11.8 Å². The van der Waals surface area contributed by atoms with Crippen molar-refractivity contribution in [2.24, 2.45) is 0 Å². The Kier molecular flexibility index (Phi) is 5.72. The Bertz CT molecular complexity index is 644. The van der Waals surface area contributed by atoms with Crippen molar-refractivity contribution in [3.63, 3.8) is 0 Å². The first-order valence-corrected chi connectivity index (χ1v) is 7.99. The van der Waals surface area contributed by atoms with Crippen LogP contribution >= 0.6 is 0 Å². The molecule has 0 fully saturated rings. The highest BCUT2D eigenvalue weighted by Gasteiger charge is 2.15. The smallest absolute Gasteiger partial charge is 0.320 e. The van der Waals surface area contributed by atoms with E-state index in [1.165, 1.54) is 0 Å². The van der Waals surface area contributed by atoms with E-state index in [0.29, 0.717) is 24.0 Å². The van der Waals surface area contributed by atoms with Gasteiger partial charge in [0.25, 0.3) is 0 Å². The molecule has 0 aliphatic heterocycles. The van der Waals surface area contributed by atoms with Crippen molar-refractivity contribution in [3.05, 3.63) is 23.5 Å². The summed E-state index contributed by atoms with van der Waals surface area (Å²) in [5.41, 5.74) is 0.872. The van der Waals surface area contributed by atoms with Gasteiger partial charge in [0.15, 0.2) is 0 Å². The number of anilines is 1. The summed E-state index contributed by atoms with van der Waals surface area (Å²) >= 11 is 0. The van der Waals surface area contributed by atoms with Gasteiger partial charge in [0.05, 0.1) is 18.3 Å². The van der Waals surface area contributed by atoms with Gasteiger partial charge >= 0.3 is 6.03 Å². The van der Waals surface area contributed by atoms with Crippen molar-refractivity contribution in [1.82, 2.24) is 25.3 Å². The fourth-order valence-corrected chi connectivity index (χ4v) is 2.34. The Labute approximate surface area is 135 Å². The molecule has 8 nitrogen and oxygen atoms in total. The molecule has 8 heteroatoms. The molecule has 2 amide bonds. The largest absolute Gasteiger partial charge is 0.423 e. The van der Waals surface area contributed by atoms with E-state index in [1.807, 2.05) is 24.6 Å². The third-order valence-corrected chi connectivity index (χ3v) is 3.60. The maximum absolute atomic E-state index is 12.1. The topological polar surface area (TPSA) is 97.9 Å². The minimum Gasteiger partial charge on any atom is -0.423 e. The fourth-order valence-electron chi connectivity index (χ4n) is 2.34. The zero-order chi connectivity index (χ0) is 16.8. The predicted octanol–water partition coefficient (Wildman–Crippen LogP) is 2.82. The molecule has 0 atom stereocenters. The first kappa shape index (κ1) is 17.0. The summed E-state index contributed by atoms with van der Waals surface area (Å²) in [6.45, 7) is 8.24. The summed E-state index contributed by atoms with van der Waals surface area (Å²) in [5, 5.41) is 17.7. The van der Waals surface area contributed by atoms with Gasteiger partial charge in [-0.2, -0.15) is 5.10 Å². The minimum atomic E-state index is -0.326. The molecule has 23 heavy (non-hydrogen) atoms. The molecule has 0 aliphatic rings. The van der Waals surface area contributed by atoms with Crippen molar-refractivity contribution in [2.45, 2.75) is 59.5 Å². The lowest BCUT2D eigenvalue weighted by molar-refractivity contribution is 0.250. The Hall–Kier alpha value is -2.38. The van der Waals surface area contributed by atoms with Crippen LogP contribution < -0.4 is 10.6 Å². The van der Waals surface area contributed by atoms with Gasteiger partial charge in [0, 0.05) is 12.5 Å². The molecule has 0 bridgehead atoms. The van der Waals surface area contributed by atoms with Crippen LogP contribution in [0.5, 0.6) is 0 Å². The normalized spacial score (nSPS) is 11.0. The molecule has 0 aromatic carbocycles. The number of aromatic nitrogens is 4. The van der Waals surface area contributed by atoms with Crippen LogP contribution in [-0.4, -0.2) is 26.0 Å². The van der Waals surface area contributed by atoms with Gasteiger partial charge < -0.3 is 9.73 Å². The van der Waals surface area contributed by atoms with Crippen LogP contribution in [0.1, 0.15) is 57.1 Å². The summed E-state index contributed by atoms with van der Waals surface area (Å²) < 4.78 is 7.22. The quantitative estimate of drug-likeness (QED) is 0.817. The molecule has 2 aromatic heterocycles. The average Bonchev–Trinajstić information content (AvgIpc) is 3.13. The summed E-state index contributed by atoms with van der Waals surface area (Å²) in [4.78, 5) is 12.1. The second kappa shape index (κ2) is 7.75. The molecule has 2 N–H and O–H groups in total. The van der Waals surface area contributed by atoms with Crippen molar-refractivity contribution in [3.8, 4) is 0 Å². The Morgan fingerprint density at radius 2 is 1.96 bits per heavy atom. The molecule has 2 rings (SSSR count). The molecule has 0 aliphatic carbocycles. The van der Waals surface area contributed by atoms with Crippen LogP contribution in [0, 0.1) is 6.92 Å². The van der Waals surface area contributed by atoms with Gasteiger partial charge in [0.2, 0.25) is 11.8 Å². The van der Waals surface area contributed by atoms with Gasteiger partial charge in [-0.25, -0.2) is 9.48 Å². The van der Waals surface area contributed by atoms with Gasteiger partial charge in [-0.05, 0) is 19.8 Å². The second-order valence-corrected chi connectivity index (χ2v) is 5.34. The average molecular weight is 320 g/mol. The lowest BCUT2D eigenvalue weighted by Gasteiger charge is -2.17. The van der Waals surface area contributed by atoms with E-state index in [9.17, 15) is 4.79 Å². The van der Waals surface area contributed by atoms with Crippen molar-refractivity contribution in [1.29, 1.82) is 0 Å². The SMILES string of the molecule is CCc1nnc(CNC(=O)Nc2cc(C)nn2C(CC)CC)o1. The number of hydrogen-bond donors (Lipinski definition) is 2. The molecular formula is C15H24N6O2. The molecule has 0 radical (unpaired) electrons. The van der Waals surface area contributed by atoms with Gasteiger partial charge in [0.1, 0.15) is 5.82 Å². The van der Waals surface area contributed by atoms with Crippen LogP contribution in [0.2, 0.25) is 0 Å². The first-order valence-electron chi connectivity index (χ1n) is 7.99. The van der Waals surface area contributed by atoms with Gasteiger partial charge in [-0.1, -0.05) is 20.8 Å². The highest BCUT2D eigenvalue weighted by Crippen LogP contribution is 2.21. The minimum absolute atomic E-state index is 0.191. The maximum atomic E-state index is 12.1. The lowest BCUT2D eigenvalue weighted by atomic mass is 10.2. The molecule has 0 spiro atoms. The maximum Gasteiger partial charge on any atom is 0.320 e. The van der Waals surface area contributed by atoms with Gasteiger partial charge in [-0.3, -0.25) is 5.32 Å². The number of amides is 2. The summed E-state index contributed by atoms with van der Waals surface area (Å²) in [5.74, 6) is 1.64. The van der Waals surface area contributed by atoms with Crippen LogP contribution in [-0.2, 0) is 13.0 Å². The van der Waals surface area contributed by atoms with Crippen LogP contribution in [0.25, 0.3) is 0 Å². The van der Waals surface area contributed by atoms with E-state index in [0.717, 1.165) is 18.5 Å². The standard InChI is InChI=1S/C15H24N6O2/c1-5-11(6-2)21-12(8-10(4)20-21)17-15(22)16-9-14-19-18-13(7-3)23-14/h8,11H,5-7,9H2,1-4H3,(H2,16,17,22). The number of carbonyl (C=O) groups is 1. The monoisotopic (exact) mass is 320 g/mol. The van der Waals surface area contributed by atoms with Crippen molar-refractivity contribution in [2.75, 3.05) is 5.32 Å². The van der Waals surface area contributed by atoms with E-state index in [-0.39, 0.29) is 18.6 Å². The van der Waals surface area contributed by atoms with E-state index in [2.05, 4.69) is 39.8 Å². The number of carbonyl (C=O) groups excluding carboxylic acids is 1. The zero-order valence-electron chi connectivity index (χ0n) is 14.1. The Morgan fingerprint density at radius 1 is 1.26 bits per heavy atom. The summed E-state index contributed by atoms with van der Waals surface area (Å²) in [6, 6.07) is 1.80. The highest BCUT2D eigenvalue weighted by atomic mass is 16.4. The third-order valence-electron chi connectivity index (χ3n) is 3.60. The summed E-state index contributed by atoms with van der Waals surface area (Å²) in [7, 11) is 0. The third kappa shape index (κ3) is 4.30. The van der Waals surface area contributed by atoms with E-state index < -0.39 is 0 Å². The molecular weight excluding hydrogens is 296 g/mol. The van der Waals surface area contributed by atoms with Crippen LogP contribution in [0.4, 0.5) is 10.6 Å². The summed E-state index contributed by atoms with van der Waals surface area (Å²) in [6.07, 6.45) is 2.58. The molecule has 126 valence electrons. The van der Waals surface area contributed by atoms with Crippen molar-refractivity contribution < 1.29 is 9.21 Å². The number of nitrogens with zero attached hydrogens (tertiary/aromatic N) is 4. The number of rotatable bonds is 7. The Morgan fingerprint density at radius 3 is 2.57 bits per heavy atom. The lowest BCUT2D eigenvalue weighted by Crippen LogP contribution is -2.29. The fraction of sp³-hybridized carbons (Fsp3) is 0.600. The first-order chi connectivity index (χ1) is 11.1. The highest BCUT2D eigenvalue weighted by molar-refractivity contribution is 5.88. The number of hydrogen-bond acceptors (Lipinski definition) is 5. The van der Waals surface area contributed by atoms with E-state index in [1.54, 1.807) is 0 Å². The zero-order valence-corrected chi connectivity index (χ0v) is 14.1. The Balaban J connectivity index is 1.97. The molecule has 2 heterocycles. The number of urea groups is 1. The van der Waals surface area contributed by atoms with E-state index in [4.69, 9.17) is 4.42 Å².